The van der Waals surface area contributed by atoms with Crippen molar-refractivity contribution in [1.82, 2.24) is 0 Å². The van der Waals surface area contributed by atoms with Crippen LogP contribution >= 0.6 is 0 Å². The zero-order valence-electron chi connectivity index (χ0n) is 17.2. The summed E-state index contributed by atoms with van der Waals surface area (Å²) in [5.74, 6) is 2.61. The smallest absolute Gasteiger partial charge is 0.136 e. The zero-order chi connectivity index (χ0) is 19.6. The minimum absolute atomic E-state index is 0.0548. The number of fused-ring (bicyclic) bond motifs is 5. The third-order valence-electron chi connectivity index (χ3n) is 9.93. The average Bonchev–Trinajstić information content (AvgIpc) is 2.99. The number of hydrogen-bond donors (Lipinski definition) is 3. The SMILES string of the molecule is C[C@H]([C@H](O)CO)[C@H]1CC[C@H]2[C@@H]3CC(=O)[C@H]4C[C@H](O)CC[C@]4(C)[C@H]3CC[C@]12C. The largest absolute Gasteiger partial charge is 0.394 e. The van der Waals surface area contributed by atoms with Crippen LogP contribution in [0.2, 0.25) is 0 Å². The van der Waals surface area contributed by atoms with Crippen molar-refractivity contribution in [3.63, 3.8) is 0 Å². The molecule has 0 saturated heterocycles. The Morgan fingerprint density at radius 3 is 2.44 bits per heavy atom. The quantitative estimate of drug-likeness (QED) is 0.705. The Kier molecular flexibility index (Phi) is 5.01. The fourth-order valence-corrected chi connectivity index (χ4v) is 8.36. The molecule has 4 aliphatic carbocycles. The summed E-state index contributed by atoms with van der Waals surface area (Å²) in [7, 11) is 0. The van der Waals surface area contributed by atoms with E-state index in [-0.39, 0.29) is 35.4 Å². The molecule has 4 aliphatic rings. The predicted octanol–water partition coefficient (Wildman–Crippen LogP) is 3.17. The molecule has 0 aromatic carbocycles. The lowest BCUT2D eigenvalue weighted by molar-refractivity contribution is -0.160. The zero-order valence-corrected chi connectivity index (χ0v) is 17.2. The van der Waals surface area contributed by atoms with Crippen molar-refractivity contribution in [2.75, 3.05) is 6.61 Å². The Morgan fingerprint density at radius 1 is 1.07 bits per heavy atom. The molecule has 0 radical (unpaired) electrons. The van der Waals surface area contributed by atoms with Crippen LogP contribution in [0.25, 0.3) is 0 Å². The highest BCUT2D eigenvalue weighted by atomic mass is 16.3. The number of Topliss-reactive ketones (excluding diaryl/α,β-unsaturated/α-hetero) is 1. The van der Waals surface area contributed by atoms with E-state index in [4.69, 9.17) is 0 Å². The molecule has 4 fully saturated rings. The lowest BCUT2D eigenvalue weighted by Crippen LogP contribution is -2.57. The van der Waals surface area contributed by atoms with E-state index in [0.717, 1.165) is 25.7 Å². The van der Waals surface area contributed by atoms with E-state index < -0.39 is 6.10 Å². The molecule has 0 unspecified atom stereocenters. The molecular formula is C23H38O4. The highest BCUT2D eigenvalue weighted by molar-refractivity contribution is 5.83. The van der Waals surface area contributed by atoms with Crippen molar-refractivity contribution < 1.29 is 20.1 Å². The van der Waals surface area contributed by atoms with Crippen molar-refractivity contribution in [3.05, 3.63) is 0 Å². The first-order chi connectivity index (χ1) is 12.7. The predicted molar refractivity (Wildman–Crippen MR) is 104 cm³/mol. The van der Waals surface area contributed by atoms with Gasteiger partial charge >= 0.3 is 0 Å². The standard InChI is InChI=1S/C23H38O4/c1-13(21(27)12-24)16-4-5-17-15-11-20(26)19-10-14(25)6-8-23(19,3)18(15)7-9-22(16,17)2/h13-19,21,24-25,27H,4-12H2,1-3H3/t13-,14+,15-,16+,17-,18-,19+,21+,22+,23+/m0/s1. The molecule has 3 N–H and O–H groups in total. The van der Waals surface area contributed by atoms with Gasteiger partial charge in [0.1, 0.15) is 5.78 Å². The fraction of sp³-hybridized carbons (Fsp3) is 0.957. The van der Waals surface area contributed by atoms with Crippen LogP contribution in [0, 0.1) is 46.3 Å². The molecular weight excluding hydrogens is 340 g/mol. The van der Waals surface area contributed by atoms with Gasteiger partial charge in [-0.05, 0) is 85.4 Å². The number of ketones is 1. The molecule has 4 heteroatoms. The second kappa shape index (κ2) is 6.81. The minimum Gasteiger partial charge on any atom is -0.394 e. The van der Waals surface area contributed by atoms with Crippen molar-refractivity contribution >= 4 is 5.78 Å². The molecule has 4 nitrogen and oxygen atoms in total. The summed E-state index contributed by atoms with van der Waals surface area (Å²) in [6.07, 6.45) is 6.86. The normalized spacial score (nSPS) is 51.9. The van der Waals surface area contributed by atoms with E-state index in [2.05, 4.69) is 20.8 Å². The van der Waals surface area contributed by atoms with Gasteiger partial charge in [-0.25, -0.2) is 0 Å². The summed E-state index contributed by atoms with van der Waals surface area (Å²) in [5.41, 5.74) is 0.239. The molecule has 27 heavy (non-hydrogen) atoms. The first-order valence-corrected chi connectivity index (χ1v) is 11.2. The summed E-state index contributed by atoms with van der Waals surface area (Å²) in [4.78, 5) is 13.1. The van der Waals surface area contributed by atoms with E-state index in [1.165, 1.54) is 12.8 Å². The van der Waals surface area contributed by atoms with Crippen LogP contribution in [-0.2, 0) is 4.79 Å². The Hall–Kier alpha value is -0.450. The van der Waals surface area contributed by atoms with E-state index in [1.807, 2.05) is 0 Å². The lowest BCUT2D eigenvalue weighted by atomic mass is 9.44. The molecule has 0 spiro atoms. The van der Waals surface area contributed by atoms with Crippen molar-refractivity contribution in [2.24, 2.45) is 46.3 Å². The number of hydrogen-bond acceptors (Lipinski definition) is 4. The maximum atomic E-state index is 13.1. The summed E-state index contributed by atoms with van der Waals surface area (Å²) in [6.45, 7) is 6.67. The maximum absolute atomic E-state index is 13.1. The van der Waals surface area contributed by atoms with Crippen LogP contribution in [-0.4, -0.2) is 39.9 Å². The second-order valence-corrected chi connectivity index (χ2v) is 10.9. The molecule has 4 saturated carbocycles. The molecule has 0 aliphatic heterocycles. The van der Waals surface area contributed by atoms with Crippen LogP contribution in [0.15, 0.2) is 0 Å². The van der Waals surface area contributed by atoms with E-state index in [1.54, 1.807) is 0 Å². The monoisotopic (exact) mass is 378 g/mol. The highest BCUT2D eigenvalue weighted by Gasteiger charge is 2.62. The van der Waals surface area contributed by atoms with Crippen LogP contribution in [0.1, 0.15) is 72.1 Å². The molecule has 10 atom stereocenters. The Balaban J connectivity index is 1.61. The average molecular weight is 379 g/mol. The maximum Gasteiger partial charge on any atom is 0.136 e. The highest BCUT2D eigenvalue weighted by Crippen LogP contribution is 2.67. The number of carbonyl (C=O) groups is 1. The van der Waals surface area contributed by atoms with Gasteiger partial charge in [0, 0.05) is 12.3 Å². The van der Waals surface area contributed by atoms with Gasteiger partial charge in [0.05, 0.1) is 18.8 Å². The number of aliphatic hydroxyl groups excluding tert-OH is 3. The van der Waals surface area contributed by atoms with Gasteiger partial charge in [0.2, 0.25) is 0 Å². The van der Waals surface area contributed by atoms with Crippen LogP contribution in [0.4, 0.5) is 0 Å². The van der Waals surface area contributed by atoms with Gasteiger partial charge in [-0.15, -0.1) is 0 Å². The summed E-state index contributed by atoms with van der Waals surface area (Å²) >= 11 is 0. The van der Waals surface area contributed by atoms with Gasteiger partial charge in [0.25, 0.3) is 0 Å². The van der Waals surface area contributed by atoms with E-state index in [9.17, 15) is 20.1 Å². The van der Waals surface area contributed by atoms with Crippen molar-refractivity contribution in [2.45, 2.75) is 84.3 Å². The first-order valence-electron chi connectivity index (χ1n) is 11.2. The van der Waals surface area contributed by atoms with Crippen molar-refractivity contribution in [1.29, 1.82) is 0 Å². The molecule has 0 aromatic heterocycles. The van der Waals surface area contributed by atoms with Crippen LogP contribution in [0.5, 0.6) is 0 Å². The number of aliphatic hydroxyl groups is 3. The van der Waals surface area contributed by atoms with Gasteiger partial charge in [-0.2, -0.15) is 0 Å². The molecule has 0 aromatic rings. The van der Waals surface area contributed by atoms with Crippen molar-refractivity contribution in [3.8, 4) is 0 Å². The number of carbonyl (C=O) groups excluding carboxylic acids is 1. The van der Waals surface area contributed by atoms with E-state index in [0.29, 0.717) is 42.3 Å². The Bertz CT molecular complexity index is 591. The third kappa shape index (κ3) is 2.85. The lowest BCUT2D eigenvalue weighted by Gasteiger charge is -2.60. The fourth-order valence-electron chi connectivity index (χ4n) is 8.36. The third-order valence-corrected chi connectivity index (χ3v) is 9.93. The molecule has 0 amide bonds. The van der Waals surface area contributed by atoms with Gasteiger partial charge in [-0.3, -0.25) is 4.79 Å². The van der Waals surface area contributed by atoms with Gasteiger partial charge in [0.15, 0.2) is 0 Å². The van der Waals surface area contributed by atoms with Gasteiger partial charge in [-0.1, -0.05) is 20.8 Å². The summed E-state index contributed by atoms with van der Waals surface area (Å²) < 4.78 is 0. The summed E-state index contributed by atoms with van der Waals surface area (Å²) in [6, 6.07) is 0. The first kappa shape index (κ1) is 19.8. The molecule has 0 bridgehead atoms. The second-order valence-electron chi connectivity index (χ2n) is 10.9. The molecule has 154 valence electrons. The molecule has 0 heterocycles. The minimum atomic E-state index is -0.641. The topological polar surface area (TPSA) is 77.8 Å². The van der Waals surface area contributed by atoms with Gasteiger partial charge < -0.3 is 15.3 Å². The van der Waals surface area contributed by atoms with E-state index >= 15 is 0 Å². The Morgan fingerprint density at radius 2 is 1.74 bits per heavy atom. The van der Waals surface area contributed by atoms with Crippen LogP contribution < -0.4 is 0 Å². The Labute approximate surface area is 163 Å². The number of rotatable bonds is 3. The summed E-state index contributed by atoms with van der Waals surface area (Å²) in [5, 5.41) is 29.8. The molecule has 4 rings (SSSR count). The van der Waals surface area contributed by atoms with Crippen LogP contribution in [0.3, 0.4) is 0 Å².